The molecule has 3 rings (SSSR count). The molecule has 0 radical (unpaired) electrons. The van der Waals surface area contributed by atoms with Crippen LogP contribution in [0.4, 0.5) is 0 Å². The SMILES string of the molecule is CN=C(NCCC(=O)NCc1ccccc1)N1CCOC(c2cnn(C)c2)C1.I. The highest BCUT2D eigenvalue weighted by atomic mass is 127. The van der Waals surface area contributed by atoms with Crippen molar-refractivity contribution in [2.75, 3.05) is 33.3 Å². The molecular weight excluding hydrogens is 483 g/mol. The van der Waals surface area contributed by atoms with Gasteiger partial charge >= 0.3 is 0 Å². The molecule has 2 N–H and O–H groups in total. The van der Waals surface area contributed by atoms with Gasteiger partial charge in [0.05, 0.1) is 19.3 Å². The van der Waals surface area contributed by atoms with Crippen LogP contribution in [0.5, 0.6) is 0 Å². The predicted octanol–water partition coefficient (Wildman–Crippen LogP) is 1.69. The van der Waals surface area contributed by atoms with E-state index in [0.29, 0.717) is 32.7 Å². The van der Waals surface area contributed by atoms with Crippen LogP contribution in [0.1, 0.15) is 23.7 Å². The molecule has 1 atom stereocenters. The van der Waals surface area contributed by atoms with Gasteiger partial charge in [0.1, 0.15) is 6.10 Å². The van der Waals surface area contributed by atoms with Gasteiger partial charge in [-0.25, -0.2) is 0 Å². The predicted molar refractivity (Wildman–Crippen MR) is 123 cm³/mol. The summed E-state index contributed by atoms with van der Waals surface area (Å²) < 4.78 is 7.65. The lowest BCUT2D eigenvalue weighted by atomic mass is 10.1. The number of rotatable bonds is 6. The summed E-state index contributed by atoms with van der Waals surface area (Å²) >= 11 is 0. The van der Waals surface area contributed by atoms with Crippen molar-refractivity contribution < 1.29 is 9.53 Å². The molecule has 0 bridgehead atoms. The van der Waals surface area contributed by atoms with E-state index in [0.717, 1.165) is 23.6 Å². The Hall–Kier alpha value is -2.14. The number of nitrogens with zero attached hydrogens (tertiary/aromatic N) is 4. The average molecular weight is 512 g/mol. The Balaban J connectivity index is 0.00000300. The lowest BCUT2D eigenvalue weighted by Crippen LogP contribution is -2.48. The summed E-state index contributed by atoms with van der Waals surface area (Å²) in [5.41, 5.74) is 2.15. The third-order valence-corrected chi connectivity index (χ3v) is 4.64. The highest BCUT2D eigenvalue weighted by Gasteiger charge is 2.25. The second-order valence-corrected chi connectivity index (χ2v) is 6.74. The second kappa shape index (κ2) is 11.8. The van der Waals surface area contributed by atoms with E-state index in [1.807, 2.05) is 49.8 Å². The number of carbonyl (C=O) groups excluding carboxylic acids is 1. The fraction of sp³-hybridized carbons (Fsp3) is 0.450. The molecule has 1 aliphatic rings. The van der Waals surface area contributed by atoms with Crippen LogP contribution in [0.15, 0.2) is 47.7 Å². The first-order valence-electron chi connectivity index (χ1n) is 9.52. The minimum atomic E-state index is -0.0322. The average Bonchev–Trinajstić information content (AvgIpc) is 3.17. The summed E-state index contributed by atoms with van der Waals surface area (Å²) in [5, 5.41) is 10.4. The third kappa shape index (κ3) is 7.00. The number of aryl methyl sites for hydroxylation is 1. The topological polar surface area (TPSA) is 83.8 Å². The zero-order valence-corrected chi connectivity index (χ0v) is 19.2. The zero-order chi connectivity index (χ0) is 19.8. The van der Waals surface area contributed by atoms with Gasteiger partial charge < -0.3 is 20.3 Å². The Kier molecular flexibility index (Phi) is 9.39. The van der Waals surface area contributed by atoms with Crippen molar-refractivity contribution >= 4 is 35.8 Å². The summed E-state index contributed by atoms with van der Waals surface area (Å²) in [6.45, 7) is 3.16. The fourth-order valence-corrected chi connectivity index (χ4v) is 3.15. The van der Waals surface area contributed by atoms with E-state index in [1.54, 1.807) is 11.7 Å². The van der Waals surface area contributed by atoms with Crippen molar-refractivity contribution in [2.45, 2.75) is 19.1 Å². The first-order valence-corrected chi connectivity index (χ1v) is 9.52. The van der Waals surface area contributed by atoms with E-state index < -0.39 is 0 Å². The molecule has 1 amide bonds. The van der Waals surface area contributed by atoms with Crippen LogP contribution in [0.2, 0.25) is 0 Å². The molecule has 9 heteroatoms. The van der Waals surface area contributed by atoms with Gasteiger partial charge in [0, 0.05) is 51.9 Å². The minimum absolute atomic E-state index is 0. The van der Waals surface area contributed by atoms with Crippen LogP contribution in [-0.2, 0) is 23.1 Å². The highest BCUT2D eigenvalue weighted by molar-refractivity contribution is 14.0. The van der Waals surface area contributed by atoms with E-state index in [-0.39, 0.29) is 36.0 Å². The molecule has 1 saturated heterocycles. The van der Waals surface area contributed by atoms with Gasteiger partial charge in [0.15, 0.2) is 5.96 Å². The molecule has 1 fully saturated rings. The Labute approximate surface area is 188 Å². The molecule has 1 unspecified atom stereocenters. The van der Waals surface area contributed by atoms with Crippen molar-refractivity contribution in [3.05, 3.63) is 53.9 Å². The van der Waals surface area contributed by atoms with Gasteiger partial charge in [-0.15, -0.1) is 24.0 Å². The van der Waals surface area contributed by atoms with Gasteiger partial charge in [-0.1, -0.05) is 30.3 Å². The largest absolute Gasteiger partial charge is 0.370 e. The normalized spacial score (nSPS) is 16.8. The molecule has 1 aromatic carbocycles. The Morgan fingerprint density at radius 3 is 2.79 bits per heavy atom. The second-order valence-electron chi connectivity index (χ2n) is 6.74. The number of halogens is 1. The Morgan fingerprint density at radius 1 is 1.31 bits per heavy atom. The molecule has 0 aliphatic carbocycles. The first kappa shape index (κ1) is 23.1. The van der Waals surface area contributed by atoms with Crippen molar-refractivity contribution in [2.24, 2.45) is 12.0 Å². The summed E-state index contributed by atoms with van der Waals surface area (Å²) in [6, 6.07) is 9.89. The number of nitrogens with one attached hydrogen (secondary N) is 2. The third-order valence-electron chi connectivity index (χ3n) is 4.64. The molecule has 0 spiro atoms. The van der Waals surface area contributed by atoms with Crippen molar-refractivity contribution in [3.63, 3.8) is 0 Å². The maximum Gasteiger partial charge on any atom is 0.222 e. The molecule has 158 valence electrons. The maximum atomic E-state index is 12.1. The maximum absolute atomic E-state index is 12.1. The monoisotopic (exact) mass is 512 g/mol. The molecule has 8 nitrogen and oxygen atoms in total. The van der Waals surface area contributed by atoms with Gasteiger partial charge in [0.2, 0.25) is 5.91 Å². The molecule has 2 heterocycles. The number of ether oxygens (including phenoxy) is 1. The molecule has 2 aromatic rings. The standard InChI is InChI=1S/C20H28N6O2.HI/c1-21-20(22-9-8-19(27)23-12-16-6-4-3-5-7-16)26-10-11-28-18(15-26)17-13-24-25(2)14-17;/h3-7,13-14,18H,8-12,15H2,1-2H3,(H,21,22)(H,23,27);1H. The highest BCUT2D eigenvalue weighted by Crippen LogP contribution is 2.21. The van der Waals surface area contributed by atoms with Crippen molar-refractivity contribution in [1.82, 2.24) is 25.3 Å². The van der Waals surface area contributed by atoms with Crippen LogP contribution in [-0.4, -0.2) is 59.8 Å². The van der Waals surface area contributed by atoms with Gasteiger partial charge in [-0.2, -0.15) is 5.10 Å². The zero-order valence-electron chi connectivity index (χ0n) is 16.9. The number of hydrogen-bond donors (Lipinski definition) is 2. The van der Waals surface area contributed by atoms with E-state index in [4.69, 9.17) is 4.74 Å². The van der Waals surface area contributed by atoms with E-state index >= 15 is 0 Å². The summed E-state index contributed by atoms with van der Waals surface area (Å²) in [5.74, 6) is 0.801. The van der Waals surface area contributed by atoms with Gasteiger partial charge in [-0.05, 0) is 5.56 Å². The number of carbonyl (C=O) groups is 1. The van der Waals surface area contributed by atoms with Crippen LogP contribution in [0.3, 0.4) is 0 Å². The van der Waals surface area contributed by atoms with Gasteiger partial charge in [0.25, 0.3) is 0 Å². The van der Waals surface area contributed by atoms with E-state index in [9.17, 15) is 4.79 Å². The van der Waals surface area contributed by atoms with Gasteiger partial charge in [-0.3, -0.25) is 14.5 Å². The lowest BCUT2D eigenvalue weighted by molar-refractivity contribution is -0.121. The van der Waals surface area contributed by atoms with Crippen LogP contribution < -0.4 is 10.6 Å². The van der Waals surface area contributed by atoms with E-state index in [2.05, 4.69) is 25.6 Å². The number of guanidine groups is 1. The summed E-state index contributed by atoms with van der Waals surface area (Å²) in [4.78, 5) is 18.6. The molecular formula is C20H29IN6O2. The van der Waals surface area contributed by atoms with Crippen LogP contribution >= 0.6 is 24.0 Å². The number of morpholine rings is 1. The summed E-state index contributed by atoms with van der Waals surface area (Å²) in [6.07, 6.45) is 4.17. The Morgan fingerprint density at radius 2 is 2.10 bits per heavy atom. The van der Waals surface area contributed by atoms with E-state index in [1.165, 1.54) is 0 Å². The smallest absolute Gasteiger partial charge is 0.222 e. The number of amides is 1. The van der Waals surface area contributed by atoms with Crippen LogP contribution in [0.25, 0.3) is 0 Å². The molecule has 0 saturated carbocycles. The number of hydrogen-bond acceptors (Lipinski definition) is 4. The van der Waals surface area contributed by atoms with Crippen molar-refractivity contribution in [3.8, 4) is 0 Å². The number of aliphatic imine (C=N–C) groups is 1. The molecule has 1 aromatic heterocycles. The minimum Gasteiger partial charge on any atom is -0.370 e. The Bertz CT molecular complexity index is 795. The van der Waals surface area contributed by atoms with Crippen LogP contribution in [0, 0.1) is 0 Å². The quantitative estimate of drug-likeness (QED) is 0.350. The summed E-state index contributed by atoms with van der Waals surface area (Å²) in [7, 11) is 3.65. The molecule has 29 heavy (non-hydrogen) atoms. The van der Waals surface area contributed by atoms with Crippen molar-refractivity contribution in [1.29, 1.82) is 0 Å². The first-order chi connectivity index (χ1) is 13.7. The molecule has 1 aliphatic heterocycles. The fourth-order valence-electron chi connectivity index (χ4n) is 3.15. The number of benzene rings is 1. The lowest BCUT2D eigenvalue weighted by Gasteiger charge is -2.34. The number of aromatic nitrogens is 2.